The number of aromatic nitrogens is 1. The first-order valence-electron chi connectivity index (χ1n) is 5.82. The maximum absolute atomic E-state index is 11.1. The van der Waals surface area contributed by atoms with E-state index < -0.39 is 0 Å². The summed E-state index contributed by atoms with van der Waals surface area (Å²) in [5, 5.41) is 2.85. The smallest absolute Gasteiger partial charge is 0.219 e. The minimum Gasteiger partial charge on any atom is -0.441 e. The Balaban J connectivity index is 2.01. The van der Waals surface area contributed by atoms with Gasteiger partial charge in [0.2, 0.25) is 5.91 Å². The zero-order chi connectivity index (χ0) is 12.3. The van der Waals surface area contributed by atoms with Gasteiger partial charge in [-0.25, -0.2) is 4.98 Å². The number of carbonyl (C=O) groups excluding carboxylic acids is 1. The molecule has 0 fully saturated rings. The molecule has 1 aromatic heterocycles. The third-order valence-electron chi connectivity index (χ3n) is 2.62. The van der Waals surface area contributed by atoms with Gasteiger partial charge in [0.1, 0.15) is 5.52 Å². The second kappa shape index (κ2) is 4.99. The van der Waals surface area contributed by atoms with E-state index in [1.54, 1.807) is 0 Å². The first-order valence-corrected chi connectivity index (χ1v) is 5.82. The number of aryl methyl sites for hydroxylation is 1. The Morgan fingerprint density at radius 1 is 1.47 bits per heavy atom. The van der Waals surface area contributed by atoms with Gasteiger partial charge in [0.15, 0.2) is 11.5 Å². The predicted octanol–water partition coefficient (Wildman–Crippen LogP) is 2.20. The van der Waals surface area contributed by atoms with E-state index in [-0.39, 0.29) is 5.91 Å². The SMILES string of the molecule is CCC(=O)NCCc1ccc2nc(C)oc2c1. The van der Waals surface area contributed by atoms with Gasteiger partial charge < -0.3 is 9.73 Å². The van der Waals surface area contributed by atoms with Gasteiger partial charge >= 0.3 is 0 Å². The lowest BCUT2D eigenvalue weighted by Crippen LogP contribution is -2.24. The van der Waals surface area contributed by atoms with Gasteiger partial charge in [-0.05, 0) is 24.1 Å². The fourth-order valence-electron chi connectivity index (χ4n) is 1.71. The van der Waals surface area contributed by atoms with Crippen LogP contribution in [0.2, 0.25) is 0 Å². The first-order chi connectivity index (χ1) is 8.19. The average molecular weight is 232 g/mol. The largest absolute Gasteiger partial charge is 0.441 e. The van der Waals surface area contributed by atoms with Gasteiger partial charge in [-0.15, -0.1) is 0 Å². The fraction of sp³-hybridized carbons (Fsp3) is 0.385. The molecule has 0 bridgehead atoms. The van der Waals surface area contributed by atoms with Crippen LogP contribution < -0.4 is 5.32 Å². The number of nitrogens with one attached hydrogen (secondary N) is 1. The standard InChI is InChI=1S/C13H16N2O2/c1-3-13(16)14-7-6-10-4-5-11-12(8-10)17-9(2)15-11/h4-5,8H,3,6-7H2,1-2H3,(H,14,16). The van der Waals surface area contributed by atoms with E-state index in [1.807, 2.05) is 32.0 Å². The molecule has 1 N–H and O–H groups in total. The van der Waals surface area contributed by atoms with Crippen molar-refractivity contribution in [3.8, 4) is 0 Å². The van der Waals surface area contributed by atoms with E-state index in [0.29, 0.717) is 18.9 Å². The van der Waals surface area contributed by atoms with Crippen molar-refractivity contribution >= 4 is 17.0 Å². The van der Waals surface area contributed by atoms with Crippen molar-refractivity contribution in [2.24, 2.45) is 0 Å². The molecular formula is C13H16N2O2. The molecule has 1 aromatic carbocycles. The number of hydrogen-bond acceptors (Lipinski definition) is 3. The molecule has 2 aromatic rings. The lowest BCUT2D eigenvalue weighted by Gasteiger charge is -2.03. The highest BCUT2D eigenvalue weighted by Gasteiger charge is 2.03. The molecule has 1 heterocycles. The van der Waals surface area contributed by atoms with Crippen LogP contribution in [-0.4, -0.2) is 17.4 Å². The molecule has 0 saturated carbocycles. The molecule has 2 rings (SSSR count). The summed E-state index contributed by atoms with van der Waals surface area (Å²) < 4.78 is 5.46. The van der Waals surface area contributed by atoms with Crippen LogP contribution in [0.4, 0.5) is 0 Å². The van der Waals surface area contributed by atoms with Crippen LogP contribution in [0.3, 0.4) is 0 Å². The number of rotatable bonds is 4. The van der Waals surface area contributed by atoms with E-state index in [2.05, 4.69) is 10.3 Å². The predicted molar refractivity (Wildman–Crippen MR) is 65.8 cm³/mol. The molecule has 4 nitrogen and oxygen atoms in total. The Morgan fingerprint density at radius 2 is 2.29 bits per heavy atom. The number of benzene rings is 1. The van der Waals surface area contributed by atoms with Crippen molar-refractivity contribution < 1.29 is 9.21 Å². The maximum atomic E-state index is 11.1. The average Bonchev–Trinajstić information content (AvgIpc) is 2.68. The fourth-order valence-corrected chi connectivity index (χ4v) is 1.71. The van der Waals surface area contributed by atoms with Gasteiger partial charge in [-0.2, -0.15) is 0 Å². The maximum Gasteiger partial charge on any atom is 0.219 e. The number of oxazole rings is 1. The zero-order valence-electron chi connectivity index (χ0n) is 10.1. The number of hydrogen-bond donors (Lipinski definition) is 1. The highest BCUT2D eigenvalue weighted by Crippen LogP contribution is 2.16. The lowest BCUT2D eigenvalue weighted by atomic mass is 10.1. The van der Waals surface area contributed by atoms with Gasteiger partial charge in [0.25, 0.3) is 0 Å². The van der Waals surface area contributed by atoms with E-state index in [9.17, 15) is 4.79 Å². The Hall–Kier alpha value is -1.84. The van der Waals surface area contributed by atoms with Crippen LogP contribution >= 0.6 is 0 Å². The summed E-state index contributed by atoms with van der Waals surface area (Å²) in [6.07, 6.45) is 1.34. The van der Waals surface area contributed by atoms with Crippen LogP contribution in [0.5, 0.6) is 0 Å². The molecular weight excluding hydrogens is 216 g/mol. The molecule has 0 aliphatic heterocycles. The third-order valence-corrected chi connectivity index (χ3v) is 2.62. The Morgan fingerprint density at radius 3 is 3.06 bits per heavy atom. The minimum absolute atomic E-state index is 0.0848. The van der Waals surface area contributed by atoms with Crippen molar-refractivity contribution in [1.82, 2.24) is 10.3 Å². The highest BCUT2D eigenvalue weighted by atomic mass is 16.3. The van der Waals surface area contributed by atoms with Crippen molar-refractivity contribution in [2.75, 3.05) is 6.54 Å². The summed E-state index contributed by atoms with van der Waals surface area (Å²) in [7, 11) is 0. The summed E-state index contributed by atoms with van der Waals surface area (Å²) in [4.78, 5) is 15.3. The quantitative estimate of drug-likeness (QED) is 0.879. The highest BCUT2D eigenvalue weighted by molar-refractivity contribution is 5.75. The zero-order valence-corrected chi connectivity index (χ0v) is 10.1. The summed E-state index contributed by atoms with van der Waals surface area (Å²) in [5.41, 5.74) is 2.83. The van der Waals surface area contributed by atoms with E-state index in [1.165, 1.54) is 0 Å². The Bertz CT molecular complexity index is 531. The van der Waals surface area contributed by atoms with Crippen LogP contribution in [0.15, 0.2) is 22.6 Å². The van der Waals surface area contributed by atoms with Crippen LogP contribution in [0.1, 0.15) is 24.8 Å². The molecule has 17 heavy (non-hydrogen) atoms. The van der Waals surface area contributed by atoms with Crippen molar-refractivity contribution in [2.45, 2.75) is 26.7 Å². The van der Waals surface area contributed by atoms with E-state index in [0.717, 1.165) is 23.1 Å². The molecule has 0 aliphatic carbocycles. The topological polar surface area (TPSA) is 55.1 Å². The molecule has 90 valence electrons. The van der Waals surface area contributed by atoms with E-state index >= 15 is 0 Å². The van der Waals surface area contributed by atoms with Crippen molar-refractivity contribution in [3.63, 3.8) is 0 Å². The summed E-state index contributed by atoms with van der Waals surface area (Å²) in [6, 6.07) is 5.94. The molecule has 0 saturated heterocycles. The Kier molecular flexibility index (Phi) is 3.42. The molecule has 0 aliphatic rings. The van der Waals surface area contributed by atoms with Gasteiger partial charge in [0, 0.05) is 19.9 Å². The normalized spacial score (nSPS) is 10.7. The molecule has 0 radical (unpaired) electrons. The van der Waals surface area contributed by atoms with Crippen LogP contribution in [0.25, 0.3) is 11.1 Å². The first kappa shape index (κ1) is 11.6. The molecule has 0 unspecified atom stereocenters. The summed E-state index contributed by atoms with van der Waals surface area (Å²) in [5.74, 6) is 0.762. The van der Waals surface area contributed by atoms with Crippen LogP contribution in [-0.2, 0) is 11.2 Å². The Labute approximate surface area is 100 Å². The van der Waals surface area contributed by atoms with Gasteiger partial charge in [-0.3, -0.25) is 4.79 Å². The van der Waals surface area contributed by atoms with Crippen molar-refractivity contribution in [3.05, 3.63) is 29.7 Å². The van der Waals surface area contributed by atoms with Gasteiger partial charge in [0.05, 0.1) is 0 Å². The van der Waals surface area contributed by atoms with E-state index in [4.69, 9.17) is 4.42 Å². The second-order valence-electron chi connectivity index (χ2n) is 3.99. The molecule has 0 atom stereocenters. The van der Waals surface area contributed by atoms with Gasteiger partial charge in [-0.1, -0.05) is 13.0 Å². The summed E-state index contributed by atoms with van der Waals surface area (Å²) in [6.45, 7) is 4.34. The van der Waals surface area contributed by atoms with Crippen LogP contribution in [0, 0.1) is 6.92 Å². The second-order valence-corrected chi connectivity index (χ2v) is 3.99. The van der Waals surface area contributed by atoms with Crippen molar-refractivity contribution in [1.29, 1.82) is 0 Å². The number of carbonyl (C=O) groups is 1. The number of amides is 1. The number of fused-ring (bicyclic) bond motifs is 1. The third kappa shape index (κ3) is 2.84. The monoisotopic (exact) mass is 232 g/mol. The molecule has 0 spiro atoms. The lowest BCUT2D eigenvalue weighted by molar-refractivity contribution is -0.120. The number of nitrogens with zero attached hydrogens (tertiary/aromatic N) is 1. The minimum atomic E-state index is 0.0848. The molecule has 1 amide bonds. The summed E-state index contributed by atoms with van der Waals surface area (Å²) >= 11 is 0. The molecule has 4 heteroatoms.